The Balaban J connectivity index is 1.55. The number of aryl methyl sites for hydroxylation is 2. The molecule has 1 amide bonds. The topological polar surface area (TPSA) is 123 Å². The summed E-state index contributed by atoms with van der Waals surface area (Å²) in [6.07, 6.45) is 1.36. The van der Waals surface area contributed by atoms with Crippen LogP contribution in [0.1, 0.15) is 35.6 Å². The first-order valence-corrected chi connectivity index (χ1v) is 12.2. The fourth-order valence-corrected chi connectivity index (χ4v) is 4.79. The van der Waals surface area contributed by atoms with Crippen LogP contribution < -0.4 is 5.32 Å². The number of nitrogens with one attached hydrogen (secondary N) is 1. The maximum Gasteiger partial charge on any atom is 0.340 e. The fourth-order valence-electron chi connectivity index (χ4n) is 3.33. The maximum atomic E-state index is 12.5. The molecule has 34 heavy (non-hydrogen) atoms. The quantitative estimate of drug-likeness (QED) is 0.462. The Morgan fingerprint density at radius 2 is 1.74 bits per heavy atom. The zero-order valence-electron chi connectivity index (χ0n) is 19.5. The first-order chi connectivity index (χ1) is 16.1. The molecule has 0 unspecified atom stereocenters. The van der Waals surface area contributed by atoms with E-state index in [4.69, 9.17) is 4.74 Å². The van der Waals surface area contributed by atoms with E-state index in [9.17, 15) is 18.0 Å². The third-order valence-electron chi connectivity index (χ3n) is 5.03. The van der Waals surface area contributed by atoms with Crippen molar-refractivity contribution in [1.82, 2.24) is 19.1 Å². The third kappa shape index (κ3) is 5.67. The van der Waals surface area contributed by atoms with Gasteiger partial charge in [0.15, 0.2) is 12.4 Å². The van der Waals surface area contributed by atoms with Gasteiger partial charge >= 0.3 is 5.97 Å². The van der Waals surface area contributed by atoms with Crippen molar-refractivity contribution in [3.05, 3.63) is 65.6 Å². The minimum absolute atomic E-state index is 0.136. The second kappa shape index (κ2) is 10.6. The van der Waals surface area contributed by atoms with Gasteiger partial charge in [0.05, 0.1) is 16.2 Å². The Kier molecular flexibility index (Phi) is 7.79. The zero-order valence-corrected chi connectivity index (χ0v) is 20.3. The van der Waals surface area contributed by atoms with Gasteiger partial charge in [0.25, 0.3) is 5.91 Å². The van der Waals surface area contributed by atoms with Gasteiger partial charge in [0.1, 0.15) is 0 Å². The minimum Gasteiger partial charge on any atom is -0.452 e. The van der Waals surface area contributed by atoms with Gasteiger partial charge in [-0.3, -0.25) is 4.79 Å². The lowest BCUT2D eigenvalue weighted by molar-refractivity contribution is -0.119. The fraction of sp³-hybridized carbons (Fsp3) is 0.304. The molecule has 1 aromatic carbocycles. The number of ether oxygens (including phenoxy) is 1. The number of pyridine rings is 1. The molecule has 180 valence electrons. The van der Waals surface area contributed by atoms with Gasteiger partial charge in [-0.2, -0.15) is 9.40 Å². The molecule has 2 heterocycles. The molecule has 0 radical (unpaired) electrons. The highest BCUT2D eigenvalue weighted by Gasteiger charge is 2.21. The van der Waals surface area contributed by atoms with E-state index in [1.165, 1.54) is 34.8 Å². The monoisotopic (exact) mass is 485 g/mol. The zero-order chi connectivity index (χ0) is 24.9. The van der Waals surface area contributed by atoms with E-state index in [2.05, 4.69) is 15.4 Å². The lowest BCUT2D eigenvalue weighted by Gasteiger charge is -2.18. The average molecular weight is 486 g/mol. The molecule has 1 N–H and O–H groups in total. The highest BCUT2D eigenvalue weighted by Crippen LogP contribution is 2.18. The number of nitrogens with zero attached hydrogens (tertiary/aromatic N) is 4. The van der Waals surface area contributed by atoms with Crippen LogP contribution in [-0.4, -0.2) is 59.1 Å². The molecule has 3 rings (SSSR count). The second-order valence-electron chi connectivity index (χ2n) is 7.48. The standard InChI is InChI=1S/C23H27N5O5S/c1-5-27(6-2)34(31,32)20-10-8-19(9-11-20)25-22(29)15-33-23(30)18-7-12-21(24-14-18)28-17(4)13-16(3)26-28/h7-14H,5-6,15H2,1-4H3,(H,25,29). The Labute approximate surface area is 198 Å². The van der Waals surface area contributed by atoms with Crippen molar-refractivity contribution in [2.45, 2.75) is 32.6 Å². The second-order valence-corrected chi connectivity index (χ2v) is 9.42. The molecular weight excluding hydrogens is 458 g/mol. The summed E-state index contributed by atoms with van der Waals surface area (Å²) in [6.45, 7) is 7.54. The van der Waals surface area contributed by atoms with Crippen molar-refractivity contribution >= 4 is 27.6 Å². The molecule has 0 spiro atoms. The molecule has 0 bridgehead atoms. The molecule has 11 heteroatoms. The number of rotatable bonds is 9. The van der Waals surface area contributed by atoms with E-state index in [1.807, 2.05) is 19.9 Å². The molecule has 2 aromatic heterocycles. The number of hydrogen-bond acceptors (Lipinski definition) is 7. The summed E-state index contributed by atoms with van der Waals surface area (Å²) >= 11 is 0. The van der Waals surface area contributed by atoms with Crippen molar-refractivity contribution in [2.24, 2.45) is 0 Å². The third-order valence-corrected chi connectivity index (χ3v) is 7.09. The van der Waals surface area contributed by atoms with E-state index in [0.717, 1.165) is 11.4 Å². The van der Waals surface area contributed by atoms with Gasteiger partial charge in [-0.05, 0) is 56.3 Å². The van der Waals surface area contributed by atoms with Crippen molar-refractivity contribution in [2.75, 3.05) is 25.0 Å². The van der Waals surface area contributed by atoms with Gasteiger partial charge in [-0.25, -0.2) is 22.9 Å². The van der Waals surface area contributed by atoms with Crippen LogP contribution in [0.15, 0.2) is 53.6 Å². The maximum absolute atomic E-state index is 12.5. The van der Waals surface area contributed by atoms with Crippen molar-refractivity contribution < 1.29 is 22.7 Å². The SMILES string of the molecule is CCN(CC)S(=O)(=O)c1ccc(NC(=O)COC(=O)c2ccc(-n3nc(C)cc3C)nc2)cc1. The molecule has 0 atom stereocenters. The number of carbonyl (C=O) groups is 2. The lowest BCUT2D eigenvalue weighted by Crippen LogP contribution is -2.30. The van der Waals surface area contributed by atoms with E-state index in [-0.39, 0.29) is 10.5 Å². The van der Waals surface area contributed by atoms with Gasteiger partial charge < -0.3 is 10.1 Å². The van der Waals surface area contributed by atoms with Crippen LogP contribution in [0.5, 0.6) is 0 Å². The van der Waals surface area contributed by atoms with Gasteiger partial charge in [-0.1, -0.05) is 13.8 Å². The minimum atomic E-state index is -3.58. The molecule has 0 aliphatic heterocycles. The highest BCUT2D eigenvalue weighted by atomic mass is 32.2. The van der Waals surface area contributed by atoms with Crippen LogP contribution in [0.4, 0.5) is 5.69 Å². The summed E-state index contributed by atoms with van der Waals surface area (Å²) in [6, 6.07) is 10.9. The summed E-state index contributed by atoms with van der Waals surface area (Å²) in [5.41, 5.74) is 2.35. The van der Waals surface area contributed by atoms with Crippen LogP contribution in [0.2, 0.25) is 0 Å². The van der Waals surface area contributed by atoms with E-state index in [0.29, 0.717) is 24.6 Å². The van der Waals surface area contributed by atoms with Crippen LogP contribution in [-0.2, 0) is 19.6 Å². The number of aromatic nitrogens is 3. The largest absolute Gasteiger partial charge is 0.452 e. The number of esters is 1. The normalized spacial score (nSPS) is 11.4. The molecule has 0 saturated heterocycles. The van der Waals surface area contributed by atoms with Crippen LogP contribution in [0.3, 0.4) is 0 Å². The lowest BCUT2D eigenvalue weighted by atomic mass is 10.3. The molecule has 0 aliphatic carbocycles. The molecule has 0 saturated carbocycles. The average Bonchev–Trinajstić information content (AvgIpc) is 3.16. The van der Waals surface area contributed by atoms with E-state index >= 15 is 0 Å². The number of hydrogen-bond donors (Lipinski definition) is 1. The molecule has 0 fully saturated rings. The first-order valence-electron chi connectivity index (χ1n) is 10.7. The van der Waals surface area contributed by atoms with Gasteiger partial charge in [-0.15, -0.1) is 0 Å². The molecule has 3 aromatic rings. The summed E-state index contributed by atoms with van der Waals surface area (Å²) in [5, 5.41) is 6.91. The van der Waals surface area contributed by atoms with Gasteiger partial charge in [0.2, 0.25) is 10.0 Å². The Hall–Kier alpha value is -3.57. The van der Waals surface area contributed by atoms with Gasteiger partial charge in [0, 0.05) is 30.7 Å². The Morgan fingerprint density at radius 1 is 1.06 bits per heavy atom. The summed E-state index contributed by atoms with van der Waals surface area (Å²) in [7, 11) is -3.58. The molecular formula is C23H27N5O5S. The summed E-state index contributed by atoms with van der Waals surface area (Å²) in [4.78, 5) is 28.8. The molecule has 0 aliphatic rings. The highest BCUT2D eigenvalue weighted by molar-refractivity contribution is 7.89. The Morgan fingerprint density at radius 3 is 2.26 bits per heavy atom. The number of anilines is 1. The van der Waals surface area contributed by atoms with Crippen molar-refractivity contribution in [3.8, 4) is 5.82 Å². The number of amides is 1. The van der Waals surface area contributed by atoms with Crippen LogP contribution in [0, 0.1) is 13.8 Å². The smallest absolute Gasteiger partial charge is 0.340 e. The first kappa shape index (κ1) is 25.1. The van der Waals surface area contributed by atoms with E-state index < -0.39 is 28.5 Å². The number of carbonyl (C=O) groups excluding carboxylic acids is 2. The van der Waals surface area contributed by atoms with Crippen LogP contribution in [0.25, 0.3) is 5.82 Å². The number of benzene rings is 1. The predicted molar refractivity (Wildman–Crippen MR) is 126 cm³/mol. The van der Waals surface area contributed by atoms with Crippen molar-refractivity contribution in [3.63, 3.8) is 0 Å². The summed E-state index contributed by atoms with van der Waals surface area (Å²) < 4.78 is 33.1. The Bertz CT molecular complexity index is 1260. The van der Waals surface area contributed by atoms with Crippen LogP contribution >= 0.6 is 0 Å². The van der Waals surface area contributed by atoms with Crippen molar-refractivity contribution in [1.29, 1.82) is 0 Å². The molecule has 10 nitrogen and oxygen atoms in total. The predicted octanol–water partition coefficient (Wildman–Crippen LogP) is 2.71. The van der Waals surface area contributed by atoms with E-state index in [1.54, 1.807) is 30.7 Å². The summed E-state index contributed by atoms with van der Waals surface area (Å²) in [5.74, 6) is -0.686. The number of sulfonamides is 1.